The van der Waals surface area contributed by atoms with Gasteiger partial charge in [-0.05, 0) is 31.0 Å². The number of carbonyl (C=O) groups is 3. The Morgan fingerprint density at radius 2 is 1.59 bits per heavy atom. The maximum Gasteiger partial charge on any atom is 0.244 e. The molecule has 3 saturated heterocycles. The average molecular weight is 378 g/mol. The second-order valence-electron chi connectivity index (χ2n) is 7.64. The van der Waals surface area contributed by atoms with E-state index in [1.54, 1.807) is 12.1 Å². The van der Waals surface area contributed by atoms with Gasteiger partial charge in [-0.15, -0.1) is 11.8 Å². The molecule has 3 fully saturated rings. The summed E-state index contributed by atoms with van der Waals surface area (Å²) in [6, 6.07) is 18.6. The topological polar surface area (TPSA) is 66.5 Å². The van der Waals surface area contributed by atoms with Crippen molar-refractivity contribution in [2.24, 2.45) is 5.41 Å². The number of hydrogen-bond donors (Lipinski definition) is 1. The molecule has 0 aliphatic carbocycles. The SMILES string of the molecule is CC12CC3(CC(=O)N(c4ccccc4)C3=O)C(c3ccccc3)(NC1=O)S2. The third kappa shape index (κ3) is 1.94. The summed E-state index contributed by atoms with van der Waals surface area (Å²) in [5.74, 6) is -0.508. The second-order valence-corrected chi connectivity index (χ2v) is 9.36. The summed E-state index contributed by atoms with van der Waals surface area (Å²) in [7, 11) is 0. The number of para-hydroxylation sites is 1. The van der Waals surface area contributed by atoms with Crippen LogP contribution in [0.2, 0.25) is 0 Å². The molecule has 3 amide bonds. The Morgan fingerprint density at radius 3 is 2.22 bits per heavy atom. The molecule has 3 aliphatic heterocycles. The van der Waals surface area contributed by atoms with E-state index < -0.39 is 15.0 Å². The van der Waals surface area contributed by atoms with Crippen LogP contribution in [0.15, 0.2) is 60.7 Å². The average Bonchev–Trinajstić information content (AvgIpc) is 3.19. The zero-order chi connectivity index (χ0) is 18.9. The van der Waals surface area contributed by atoms with Crippen molar-refractivity contribution in [3.63, 3.8) is 0 Å². The van der Waals surface area contributed by atoms with E-state index >= 15 is 0 Å². The minimum absolute atomic E-state index is 0.0691. The first-order valence-electron chi connectivity index (χ1n) is 8.93. The predicted molar refractivity (Wildman–Crippen MR) is 103 cm³/mol. The number of carbonyl (C=O) groups excluding carboxylic acids is 3. The second kappa shape index (κ2) is 5.23. The van der Waals surface area contributed by atoms with Gasteiger partial charge < -0.3 is 5.32 Å². The van der Waals surface area contributed by atoms with E-state index in [2.05, 4.69) is 5.32 Å². The molecular formula is C21H18N2O3S. The molecule has 1 N–H and O–H groups in total. The van der Waals surface area contributed by atoms with Crippen LogP contribution in [0.3, 0.4) is 0 Å². The van der Waals surface area contributed by atoms with Crippen LogP contribution >= 0.6 is 11.8 Å². The Labute approximate surface area is 161 Å². The lowest BCUT2D eigenvalue weighted by atomic mass is 9.67. The molecule has 0 radical (unpaired) electrons. The number of thioether (sulfide) groups is 1. The number of anilines is 1. The van der Waals surface area contributed by atoms with Gasteiger partial charge in [0.25, 0.3) is 0 Å². The van der Waals surface area contributed by atoms with Crippen LogP contribution in [0, 0.1) is 5.41 Å². The van der Waals surface area contributed by atoms with Crippen molar-refractivity contribution in [2.45, 2.75) is 29.4 Å². The van der Waals surface area contributed by atoms with Gasteiger partial charge in [-0.1, -0.05) is 48.5 Å². The first-order valence-corrected chi connectivity index (χ1v) is 9.74. The minimum Gasteiger partial charge on any atom is -0.335 e. The molecule has 2 aromatic rings. The summed E-state index contributed by atoms with van der Waals surface area (Å²) in [6.45, 7) is 1.87. The number of hydrogen-bond acceptors (Lipinski definition) is 4. The van der Waals surface area contributed by atoms with E-state index in [0.29, 0.717) is 12.1 Å². The Morgan fingerprint density at radius 1 is 0.963 bits per heavy atom. The zero-order valence-electron chi connectivity index (χ0n) is 14.8. The Kier molecular flexibility index (Phi) is 3.21. The summed E-state index contributed by atoms with van der Waals surface area (Å²) in [6.07, 6.45) is 0.456. The number of fused-ring (bicyclic) bond motifs is 3. The van der Waals surface area contributed by atoms with E-state index in [4.69, 9.17) is 0 Å². The van der Waals surface area contributed by atoms with Gasteiger partial charge in [0.15, 0.2) is 0 Å². The molecule has 5 nitrogen and oxygen atoms in total. The fourth-order valence-corrected chi connectivity index (χ4v) is 6.77. The normalized spacial score (nSPS) is 34.6. The minimum atomic E-state index is -0.978. The molecule has 2 bridgehead atoms. The number of amides is 3. The highest BCUT2D eigenvalue weighted by molar-refractivity contribution is 8.03. The maximum atomic E-state index is 13.7. The van der Waals surface area contributed by atoms with Crippen LogP contribution in [-0.4, -0.2) is 22.5 Å². The molecule has 1 spiro atoms. The van der Waals surface area contributed by atoms with Gasteiger partial charge in [-0.3, -0.25) is 14.4 Å². The highest BCUT2D eigenvalue weighted by atomic mass is 32.2. The van der Waals surface area contributed by atoms with Crippen molar-refractivity contribution < 1.29 is 14.4 Å². The maximum absolute atomic E-state index is 13.7. The number of nitrogens with one attached hydrogen (secondary N) is 1. The third-order valence-electron chi connectivity index (χ3n) is 5.97. The van der Waals surface area contributed by atoms with Gasteiger partial charge in [0.05, 0.1) is 15.8 Å². The van der Waals surface area contributed by atoms with Crippen molar-refractivity contribution in [1.29, 1.82) is 0 Å². The quantitative estimate of drug-likeness (QED) is 0.816. The predicted octanol–water partition coefficient (Wildman–Crippen LogP) is 2.81. The molecular weight excluding hydrogens is 360 g/mol. The molecule has 3 heterocycles. The summed E-state index contributed by atoms with van der Waals surface area (Å²) in [5.41, 5.74) is 0.465. The van der Waals surface area contributed by atoms with Crippen LogP contribution < -0.4 is 10.2 Å². The highest BCUT2D eigenvalue weighted by Crippen LogP contribution is 2.71. The molecule has 136 valence electrons. The Balaban J connectivity index is 1.69. The van der Waals surface area contributed by atoms with Crippen LogP contribution in [0.1, 0.15) is 25.3 Å². The smallest absolute Gasteiger partial charge is 0.244 e. The molecule has 5 rings (SSSR count). The van der Waals surface area contributed by atoms with Gasteiger partial charge in [-0.2, -0.15) is 0 Å². The lowest BCUT2D eigenvalue weighted by molar-refractivity contribution is -0.136. The number of rotatable bonds is 2. The Hall–Kier alpha value is -2.60. The molecule has 6 heteroatoms. The lowest BCUT2D eigenvalue weighted by Crippen LogP contribution is -2.59. The van der Waals surface area contributed by atoms with E-state index in [-0.39, 0.29) is 24.1 Å². The largest absolute Gasteiger partial charge is 0.335 e. The van der Waals surface area contributed by atoms with Gasteiger partial charge in [0, 0.05) is 6.42 Å². The molecule has 3 unspecified atom stereocenters. The third-order valence-corrected chi connectivity index (χ3v) is 7.79. The van der Waals surface area contributed by atoms with E-state index in [9.17, 15) is 14.4 Å². The molecule has 0 saturated carbocycles. The summed E-state index contributed by atoms with van der Waals surface area (Å²) < 4.78 is -0.724. The molecule has 2 aromatic carbocycles. The summed E-state index contributed by atoms with van der Waals surface area (Å²) in [4.78, 5) is 39.7. The van der Waals surface area contributed by atoms with Crippen LogP contribution in [0.4, 0.5) is 5.69 Å². The first kappa shape index (κ1) is 16.6. The molecule has 27 heavy (non-hydrogen) atoms. The fourth-order valence-electron chi connectivity index (χ4n) is 4.81. The summed E-state index contributed by atoms with van der Waals surface area (Å²) in [5, 5.41) is 3.10. The van der Waals surface area contributed by atoms with Crippen molar-refractivity contribution in [1.82, 2.24) is 5.32 Å². The van der Waals surface area contributed by atoms with Gasteiger partial charge >= 0.3 is 0 Å². The number of piperidine rings is 1. The van der Waals surface area contributed by atoms with Crippen molar-refractivity contribution in [2.75, 3.05) is 4.90 Å². The van der Waals surface area contributed by atoms with Crippen LogP contribution in [0.5, 0.6) is 0 Å². The monoisotopic (exact) mass is 378 g/mol. The van der Waals surface area contributed by atoms with Crippen LogP contribution in [-0.2, 0) is 19.3 Å². The number of imide groups is 1. The molecule has 3 aliphatic rings. The highest BCUT2D eigenvalue weighted by Gasteiger charge is 2.77. The number of nitrogens with zero attached hydrogens (tertiary/aromatic N) is 1. The van der Waals surface area contributed by atoms with Crippen molar-refractivity contribution in [3.05, 3.63) is 66.2 Å². The number of benzene rings is 2. The molecule has 0 aromatic heterocycles. The van der Waals surface area contributed by atoms with E-state index in [1.165, 1.54) is 16.7 Å². The zero-order valence-corrected chi connectivity index (χ0v) is 15.6. The lowest BCUT2D eigenvalue weighted by Gasteiger charge is -2.42. The first-order chi connectivity index (χ1) is 12.9. The van der Waals surface area contributed by atoms with Crippen LogP contribution in [0.25, 0.3) is 0 Å². The van der Waals surface area contributed by atoms with E-state index in [1.807, 2.05) is 55.5 Å². The van der Waals surface area contributed by atoms with Crippen molar-refractivity contribution in [3.8, 4) is 0 Å². The van der Waals surface area contributed by atoms with Crippen molar-refractivity contribution >= 4 is 35.2 Å². The Bertz CT molecular complexity index is 979. The van der Waals surface area contributed by atoms with Gasteiger partial charge in [0.1, 0.15) is 4.87 Å². The standard InChI is InChI=1S/C21H18N2O3S/c1-19-13-20(12-16(24)23(18(20)26)15-10-6-3-7-11-15)21(27-19,22-17(19)25)14-8-4-2-5-9-14/h2-11H,12-13H2,1H3,(H,22,25). The summed E-state index contributed by atoms with van der Waals surface area (Å²) >= 11 is 1.48. The van der Waals surface area contributed by atoms with E-state index in [0.717, 1.165) is 5.56 Å². The molecule has 3 atom stereocenters. The fraction of sp³-hybridized carbons (Fsp3) is 0.286. The van der Waals surface area contributed by atoms with Gasteiger partial charge in [-0.25, -0.2) is 4.90 Å². The van der Waals surface area contributed by atoms with Gasteiger partial charge in [0.2, 0.25) is 17.7 Å².